The summed E-state index contributed by atoms with van der Waals surface area (Å²) in [4.78, 5) is 0. The molecule has 0 radical (unpaired) electrons. The SMILES string of the molecule is CCCNCC1CCCN(S(=O)(=O)Nc2ccn(C)n2)C1. The van der Waals surface area contributed by atoms with E-state index in [9.17, 15) is 8.42 Å². The number of nitrogens with one attached hydrogen (secondary N) is 2. The van der Waals surface area contributed by atoms with Crippen LogP contribution in [-0.2, 0) is 17.3 Å². The van der Waals surface area contributed by atoms with Crippen LogP contribution in [0, 0.1) is 5.92 Å². The van der Waals surface area contributed by atoms with Gasteiger partial charge in [0.1, 0.15) is 0 Å². The molecule has 1 saturated heterocycles. The highest BCUT2D eigenvalue weighted by molar-refractivity contribution is 7.90. The van der Waals surface area contributed by atoms with Crippen molar-refractivity contribution in [3.8, 4) is 0 Å². The molecule has 0 aliphatic carbocycles. The molecular weight excluding hydrogens is 290 g/mol. The molecule has 0 bridgehead atoms. The van der Waals surface area contributed by atoms with Crippen LogP contribution in [-0.4, -0.2) is 48.7 Å². The molecular formula is C13H25N5O2S. The molecule has 1 unspecified atom stereocenters. The summed E-state index contributed by atoms with van der Waals surface area (Å²) in [5, 5.41) is 7.43. The Morgan fingerprint density at radius 2 is 2.29 bits per heavy atom. The number of aryl methyl sites for hydroxylation is 1. The van der Waals surface area contributed by atoms with Gasteiger partial charge in [0.25, 0.3) is 0 Å². The predicted octanol–water partition coefficient (Wildman–Crippen LogP) is 0.788. The second-order valence-corrected chi connectivity index (χ2v) is 7.22. The maximum atomic E-state index is 12.4. The van der Waals surface area contributed by atoms with Crippen molar-refractivity contribution in [1.82, 2.24) is 19.4 Å². The second-order valence-electron chi connectivity index (χ2n) is 5.55. The molecule has 1 aliphatic rings. The van der Waals surface area contributed by atoms with Crippen molar-refractivity contribution in [2.75, 3.05) is 30.9 Å². The number of hydrogen-bond acceptors (Lipinski definition) is 4. The molecule has 0 saturated carbocycles. The molecule has 0 amide bonds. The van der Waals surface area contributed by atoms with E-state index in [-0.39, 0.29) is 0 Å². The summed E-state index contributed by atoms with van der Waals surface area (Å²) in [5.74, 6) is 0.745. The molecule has 1 aliphatic heterocycles. The molecule has 2 heterocycles. The van der Waals surface area contributed by atoms with Crippen LogP contribution in [0.15, 0.2) is 12.3 Å². The van der Waals surface area contributed by atoms with Gasteiger partial charge in [-0.15, -0.1) is 0 Å². The monoisotopic (exact) mass is 315 g/mol. The minimum atomic E-state index is -3.51. The van der Waals surface area contributed by atoms with Gasteiger partial charge in [-0.2, -0.15) is 17.8 Å². The molecule has 1 atom stereocenters. The van der Waals surface area contributed by atoms with E-state index in [1.54, 1.807) is 24.0 Å². The Morgan fingerprint density at radius 3 is 2.95 bits per heavy atom. The number of rotatable bonds is 7. The van der Waals surface area contributed by atoms with Crippen LogP contribution < -0.4 is 10.0 Å². The molecule has 1 aromatic heterocycles. The topological polar surface area (TPSA) is 79.3 Å². The molecule has 7 nitrogen and oxygen atoms in total. The van der Waals surface area contributed by atoms with Crippen molar-refractivity contribution in [3.63, 3.8) is 0 Å². The molecule has 1 fully saturated rings. The average Bonchev–Trinajstić information content (AvgIpc) is 2.84. The highest BCUT2D eigenvalue weighted by Gasteiger charge is 2.29. The van der Waals surface area contributed by atoms with Gasteiger partial charge in [-0.1, -0.05) is 6.92 Å². The summed E-state index contributed by atoms with van der Waals surface area (Å²) in [6, 6.07) is 1.65. The van der Waals surface area contributed by atoms with E-state index < -0.39 is 10.2 Å². The Kier molecular flexibility index (Phi) is 5.60. The maximum absolute atomic E-state index is 12.4. The maximum Gasteiger partial charge on any atom is 0.302 e. The van der Waals surface area contributed by atoms with Gasteiger partial charge < -0.3 is 5.32 Å². The van der Waals surface area contributed by atoms with Gasteiger partial charge in [-0.25, -0.2) is 0 Å². The van der Waals surface area contributed by atoms with Gasteiger partial charge in [-0.3, -0.25) is 9.40 Å². The van der Waals surface area contributed by atoms with Crippen molar-refractivity contribution < 1.29 is 8.42 Å². The van der Waals surface area contributed by atoms with E-state index in [2.05, 4.69) is 22.1 Å². The lowest BCUT2D eigenvalue weighted by atomic mass is 10.00. The number of hydrogen-bond donors (Lipinski definition) is 2. The molecule has 8 heteroatoms. The molecule has 1 aromatic rings. The standard InChI is InChI=1S/C13H25N5O2S/c1-3-7-14-10-12-5-4-8-18(11-12)21(19,20)16-13-6-9-17(2)15-13/h6,9,12,14H,3-5,7-8,10-11H2,1-2H3,(H,15,16). The van der Waals surface area contributed by atoms with Crippen LogP contribution in [0.25, 0.3) is 0 Å². The van der Waals surface area contributed by atoms with Crippen LogP contribution in [0.2, 0.25) is 0 Å². The smallest absolute Gasteiger partial charge is 0.302 e. The fourth-order valence-corrected chi connectivity index (χ4v) is 3.84. The van der Waals surface area contributed by atoms with Crippen LogP contribution in [0.1, 0.15) is 26.2 Å². The van der Waals surface area contributed by atoms with E-state index in [0.717, 1.165) is 32.4 Å². The third kappa shape index (κ3) is 4.69. The Labute approximate surface area is 126 Å². The van der Waals surface area contributed by atoms with Gasteiger partial charge in [0.05, 0.1) is 0 Å². The largest absolute Gasteiger partial charge is 0.316 e. The quantitative estimate of drug-likeness (QED) is 0.729. The first-order valence-corrected chi connectivity index (χ1v) is 8.93. The number of aromatic nitrogens is 2. The minimum Gasteiger partial charge on any atom is -0.316 e. The lowest BCUT2D eigenvalue weighted by Gasteiger charge is -2.31. The van der Waals surface area contributed by atoms with E-state index >= 15 is 0 Å². The van der Waals surface area contributed by atoms with Crippen molar-refractivity contribution in [1.29, 1.82) is 0 Å². The Morgan fingerprint density at radius 1 is 1.48 bits per heavy atom. The van der Waals surface area contributed by atoms with Crippen molar-refractivity contribution >= 4 is 16.0 Å². The molecule has 120 valence electrons. The number of anilines is 1. The summed E-state index contributed by atoms with van der Waals surface area (Å²) >= 11 is 0. The minimum absolute atomic E-state index is 0.365. The fourth-order valence-electron chi connectivity index (χ4n) is 2.56. The number of nitrogens with zero attached hydrogens (tertiary/aromatic N) is 3. The Bertz CT molecular complexity index is 543. The van der Waals surface area contributed by atoms with Crippen LogP contribution in [0.5, 0.6) is 0 Å². The third-order valence-corrected chi connectivity index (χ3v) is 5.11. The average molecular weight is 315 g/mol. The third-order valence-electron chi connectivity index (χ3n) is 3.63. The fraction of sp³-hybridized carbons (Fsp3) is 0.769. The summed E-state index contributed by atoms with van der Waals surface area (Å²) < 4.78 is 30.4. The van der Waals surface area contributed by atoms with Crippen molar-refractivity contribution in [2.24, 2.45) is 13.0 Å². The van der Waals surface area contributed by atoms with E-state index in [0.29, 0.717) is 24.8 Å². The summed E-state index contributed by atoms with van der Waals surface area (Å²) in [5.41, 5.74) is 0. The zero-order chi connectivity index (χ0) is 15.3. The van der Waals surface area contributed by atoms with E-state index in [1.807, 2.05) is 0 Å². The van der Waals surface area contributed by atoms with E-state index in [1.165, 1.54) is 4.31 Å². The molecule has 0 aromatic carbocycles. The lowest BCUT2D eigenvalue weighted by molar-refractivity contribution is 0.261. The highest BCUT2D eigenvalue weighted by atomic mass is 32.2. The zero-order valence-electron chi connectivity index (χ0n) is 12.7. The first-order chi connectivity index (χ1) is 10.0. The molecule has 21 heavy (non-hydrogen) atoms. The normalized spacial score (nSPS) is 20.6. The highest BCUT2D eigenvalue weighted by Crippen LogP contribution is 2.19. The number of piperidine rings is 1. The zero-order valence-corrected chi connectivity index (χ0v) is 13.6. The van der Waals surface area contributed by atoms with Crippen LogP contribution in [0.4, 0.5) is 5.82 Å². The van der Waals surface area contributed by atoms with Crippen molar-refractivity contribution in [3.05, 3.63) is 12.3 Å². The second kappa shape index (κ2) is 7.24. The molecule has 2 rings (SSSR count). The van der Waals surface area contributed by atoms with E-state index in [4.69, 9.17) is 0 Å². The van der Waals surface area contributed by atoms with Crippen LogP contribution in [0.3, 0.4) is 0 Å². The lowest BCUT2D eigenvalue weighted by Crippen LogP contribution is -2.45. The molecule has 2 N–H and O–H groups in total. The van der Waals surface area contributed by atoms with Gasteiger partial charge >= 0.3 is 10.2 Å². The summed E-state index contributed by atoms with van der Waals surface area (Å²) in [6.07, 6.45) is 4.79. The summed E-state index contributed by atoms with van der Waals surface area (Å²) in [7, 11) is -1.75. The molecule has 0 spiro atoms. The van der Waals surface area contributed by atoms with Gasteiger partial charge in [0, 0.05) is 32.4 Å². The van der Waals surface area contributed by atoms with Crippen LogP contribution >= 0.6 is 0 Å². The first kappa shape index (κ1) is 16.3. The Hall–Kier alpha value is -1.12. The Balaban J connectivity index is 1.92. The van der Waals surface area contributed by atoms with Crippen molar-refractivity contribution in [2.45, 2.75) is 26.2 Å². The van der Waals surface area contributed by atoms with Gasteiger partial charge in [-0.05, 0) is 38.3 Å². The summed E-state index contributed by atoms with van der Waals surface area (Å²) in [6.45, 7) is 5.13. The first-order valence-electron chi connectivity index (χ1n) is 7.49. The predicted molar refractivity (Wildman–Crippen MR) is 83.2 cm³/mol. The van der Waals surface area contributed by atoms with Gasteiger partial charge in [0.15, 0.2) is 5.82 Å². The van der Waals surface area contributed by atoms with Gasteiger partial charge in [0.2, 0.25) is 0 Å².